The Morgan fingerprint density at radius 2 is 2.00 bits per heavy atom. The van der Waals surface area contributed by atoms with Crippen molar-refractivity contribution < 1.29 is 27.5 Å². The van der Waals surface area contributed by atoms with Crippen LogP contribution < -0.4 is 0 Å². The van der Waals surface area contributed by atoms with E-state index in [0.717, 1.165) is 18.4 Å². The van der Waals surface area contributed by atoms with E-state index in [-0.39, 0.29) is 0 Å². The van der Waals surface area contributed by atoms with Gasteiger partial charge in [0.1, 0.15) is 0 Å². The van der Waals surface area contributed by atoms with Crippen molar-refractivity contribution in [2.24, 2.45) is 0 Å². The molecule has 0 aliphatic heterocycles. The van der Waals surface area contributed by atoms with Gasteiger partial charge in [0, 0.05) is 0 Å². The van der Waals surface area contributed by atoms with Crippen LogP contribution in [-0.4, -0.2) is 17.1 Å². The van der Waals surface area contributed by atoms with E-state index < -0.39 is 28.2 Å². The van der Waals surface area contributed by atoms with Gasteiger partial charge in [0.15, 0.2) is 5.76 Å². The maximum atomic E-state index is 13.0. The van der Waals surface area contributed by atoms with Gasteiger partial charge in [-0.3, -0.25) is 4.79 Å². The van der Waals surface area contributed by atoms with Crippen molar-refractivity contribution in [2.45, 2.75) is 11.8 Å². The Morgan fingerprint density at radius 3 is 2.44 bits per heavy atom. The molecule has 96 valence electrons. The van der Waals surface area contributed by atoms with Crippen molar-refractivity contribution in [3.63, 3.8) is 0 Å². The fourth-order valence-corrected chi connectivity index (χ4v) is 2.29. The van der Waals surface area contributed by atoms with Crippen LogP contribution in [0.3, 0.4) is 0 Å². The molecule has 0 radical (unpaired) electrons. The maximum absolute atomic E-state index is 13.0. The first-order chi connectivity index (χ1) is 8.37. The van der Waals surface area contributed by atoms with Crippen LogP contribution >= 0.6 is 11.3 Å². The lowest BCUT2D eigenvalue weighted by molar-refractivity contribution is -0.241. The van der Waals surface area contributed by atoms with Crippen LogP contribution in [0.15, 0.2) is 40.3 Å². The molecular weight excluding hydrogens is 269 g/mol. The number of Topliss-reactive ketones (excluding diaryl/α,β-unsaturated/α-hetero) is 1. The van der Waals surface area contributed by atoms with E-state index in [1.165, 1.54) is 17.5 Å². The van der Waals surface area contributed by atoms with Gasteiger partial charge < -0.3 is 9.52 Å². The van der Waals surface area contributed by atoms with Crippen molar-refractivity contribution in [2.75, 3.05) is 0 Å². The normalized spacial score (nSPS) is 15.3. The third-order valence-electron chi connectivity index (χ3n) is 2.36. The second-order valence-electron chi connectivity index (χ2n) is 3.49. The van der Waals surface area contributed by atoms with E-state index in [2.05, 4.69) is 4.42 Å². The highest BCUT2D eigenvalue weighted by Crippen LogP contribution is 2.43. The first kappa shape index (κ1) is 12.8. The minimum absolute atomic E-state index is 0.489. The molecule has 0 aromatic carbocycles. The van der Waals surface area contributed by atoms with Crippen molar-refractivity contribution in [3.8, 4) is 0 Å². The number of aliphatic hydroxyl groups is 1. The summed E-state index contributed by atoms with van der Waals surface area (Å²) in [5, 5.41) is 11.2. The molecule has 1 N–H and O–H groups in total. The van der Waals surface area contributed by atoms with Crippen LogP contribution in [0.4, 0.5) is 13.2 Å². The number of thiophene rings is 1. The van der Waals surface area contributed by atoms with Gasteiger partial charge in [0.2, 0.25) is 5.78 Å². The van der Waals surface area contributed by atoms with E-state index in [1.807, 2.05) is 0 Å². The van der Waals surface area contributed by atoms with Gasteiger partial charge in [0.25, 0.3) is 5.60 Å². The van der Waals surface area contributed by atoms with Gasteiger partial charge in [-0.15, -0.1) is 11.3 Å². The maximum Gasteiger partial charge on any atom is 0.430 e. The number of hydrogen-bond acceptors (Lipinski definition) is 4. The predicted octanol–water partition coefficient (Wildman–Crippen LogP) is 2.97. The van der Waals surface area contributed by atoms with E-state index >= 15 is 0 Å². The average molecular weight is 276 g/mol. The van der Waals surface area contributed by atoms with Crippen molar-refractivity contribution in [3.05, 3.63) is 46.5 Å². The van der Waals surface area contributed by atoms with E-state index in [9.17, 15) is 23.1 Å². The number of rotatable bonds is 3. The molecule has 0 saturated heterocycles. The Labute approximate surface area is 103 Å². The summed E-state index contributed by atoms with van der Waals surface area (Å²) in [7, 11) is 0. The van der Waals surface area contributed by atoms with Crippen molar-refractivity contribution in [1.82, 2.24) is 0 Å². The summed E-state index contributed by atoms with van der Waals surface area (Å²) >= 11 is 0.650. The van der Waals surface area contributed by atoms with E-state index in [4.69, 9.17) is 0 Å². The summed E-state index contributed by atoms with van der Waals surface area (Å²) in [6.45, 7) is 0. The molecule has 0 unspecified atom stereocenters. The number of ketones is 1. The van der Waals surface area contributed by atoms with Crippen LogP contribution in [0.5, 0.6) is 0 Å². The third-order valence-corrected chi connectivity index (χ3v) is 3.34. The standard InChI is InChI=1S/C11H7F3O3S/c12-11(13,14)10(16,8-4-2-6-18-8)9(15)7-3-1-5-17-7/h1-6,16H/t10-/m0/s1. The largest absolute Gasteiger partial charge is 0.461 e. The Kier molecular flexibility index (Phi) is 3.04. The molecule has 7 heteroatoms. The molecule has 0 spiro atoms. The first-order valence-electron chi connectivity index (χ1n) is 4.79. The molecule has 18 heavy (non-hydrogen) atoms. The van der Waals surface area contributed by atoms with Gasteiger partial charge >= 0.3 is 6.18 Å². The molecule has 0 fully saturated rings. The van der Waals surface area contributed by atoms with Gasteiger partial charge in [-0.25, -0.2) is 0 Å². The van der Waals surface area contributed by atoms with Crippen LogP contribution in [0, 0.1) is 0 Å². The second-order valence-corrected chi connectivity index (χ2v) is 4.44. The zero-order valence-corrected chi connectivity index (χ0v) is 9.59. The minimum Gasteiger partial charge on any atom is -0.461 e. The SMILES string of the molecule is O=C(c1ccco1)[C@@](O)(c1cccs1)C(F)(F)F. The quantitative estimate of drug-likeness (QED) is 0.877. The van der Waals surface area contributed by atoms with Gasteiger partial charge in [0.05, 0.1) is 11.1 Å². The fraction of sp³-hybridized carbons (Fsp3) is 0.182. The monoisotopic (exact) mass is 276 g/mol. The molecule has 2 heterocycles. The molecule has 3 nitrogen and oxygen atoms in total. The fourth-order valence-electron chi connectivity index (χ4n) is 1.45. The summed E-state index contributed by atoms with van der Waals surface area (Å²) in [5.41, 5.74) is -3.57. The summed E-state index contributed by atoms with van der Waals surface area (Å²) in [6.07, 6.45) is -4.06. The van der Waals surface area contributed by atoms with E-state index in [1.54, 1.807) is 0 Å². The van der Waals surface area contributed by atoms with Crippen LogP contribution in [0.1, 0.15) is 15.4 Å². The lowest BCUT2D eigenvalue weighted by Gasteiger charge is -2.26. The number of carbonyl (C=O) groups excluding carboxylic acids is 1. The minimum atomic E-state index is -5.12. The molecule has 0 aliphatic carbocycles. The molecule has 0 bridgehead atoms. The Morgan fingerprint density at radius 1 is 1.28 bits per heavy atom. The van der Waals surface area contributed by atoms with Crippen molar-refractivity contribution >= 4 is 17.1 Å². The smallest absolute Gasteiger partial charge is 0.430 e. The van der Waals surface area contributed by atoms with E-state index in [0.29, 0.717) is 11.3 Å². The Balaban J connectivity index is 2.54. The number of alkyl halides is 3. The van der Waals surface area contributed by atoms with Gasteiger partial charge in [-0.05, 0) is 23.6 Å². The number of carbonyl (C=O) groups is 1. The molecular formula is C11H7F3O3S. The number of hydrogen-bond donors (Lipinski definition) is 1. The predicted molar refractivity (Wildman–Crippen MR) is 57.3 cm³/mol. The summed E-state index contributed by atoms with van der Waals surface area (Å²) < 4.78 is 43.6. The summed E-state index contributed by atoms with van der Waals surface area (Å²) in [5.74, 6) is -2.06. The Hall–Kier alpha value is -1.60. The Bertz CT molecular complexity index is 530. The molecule has 2 aromatic rings. The zero-order valence-electron chi connectivity index (χ0n) is 8.77. The summed E-state index contributed by atoms with van der Waals surface area (Å²) in [6, 6.07) is 4.73. The van der Waals surface area contributed by atoms with Crippen LogP contribution in [-0.2, 0) is 5.60 Å². The first-order valence-corrected chi connectivity index (χ1v) is 5.66. The molecule has 0 aliphatic rings. The third kappa shape index (κ3) is 1.85. The highest BCUT2D eigenvalue weighted by molar-refractivity contribution is 7.10. The highest BCUT2D eigenvalue weighted by atomic mass is 32.1. The van der Waals surface area contributed by atoms with Crippen molar-refractivity contribution in [1.29, 1.82) is 0 Å². The van der Waals surface area contributed by atoms with Gasteiger partial charge in [-0.2, -0.15) is 13.2 Å². The highest BCUT2D eigenvalue weighted by Gasteiger charge is 2.62. The van der Waals surface area contributed by atoms with Gasteiger partial charge in [-0.1, -0.05) is 6.07 Å². The number of furan rings is 1. The molecule has 2 aromatic heterocycles. The lowest BCUT2D eigenvalue weighted by Crippen LogP contribution is -2.48. The summed E-state index contributed by atoms with van der Waals surface area (Å²) in [4.78, 5) is 11.3. The van der Waals surface area contributed by atoms with Crippen LogP contribution in [0.2, 0.25) is 0 Å². The second kappa shape index (κ2) is 4.25. The lowest BCUT2D eigenvalue weighted by atomic mass is 9.94. The molecule has 0 amide bonds. The average Bonchev–Trinajstić information content (AvgIpc) is 2.97. The topological polar surface area (TPSA) is 50.4 Å². The number of halogens is 3. The molecule has 1 atom stereocenters. The molecule has 2 rings (SSSR count). The molecule has 0 saturated carbocycles. The zero-order chi connectivity index (χ0) is 13.4. The van der Waals surface area contributed by atoms with Crippen LogP contribution in [0.25, 0.3) is 0 Å².